The standard InChI is InChI=1S/C16H11N3OS2/c17-7-11-10-2-1-3-13(10)22-16(11)19-15(20)9-4-5-12-14(6-9)21-8-18-12/h4-6,8H,1-3H2,(H,19,20). The van der Waals surface area contributed by atoms with E-state index >= 15 is 0 Å². The number of anilines is 1. The molecule has 1 aliphatic carbocycles. The van der Waals surface area contributed by atoms with Crippen LogP contribution in [0.25, 0.3) is 10.2 Å². The highest BCUT2D eigenvalue weighted by Crippen LogP contribution is 2.38. The summed E-state index contributed by atoms with van der Waals surface area (Å²) in [6.45, 7) is 0. The first-order valence-electron chi connectivity index (χ1n) is 6.95. The molecule has 6 heteroatoms. The van der Waals surface area contributed by atoms with Crippen molar-refractivity contribution < 1.29 is 4.79 Å². The third-order valence-electron chi connectivity index (χ3n) is 3.85. The second-order valence-corrected chi connectivity index (χ2v) is 7.15. The van der Waals surface area contributed by atoms with Gasteiger partial charge in [-0.15, -0.1) is 22.7 Å². The van der Waals surface area contributed by atoms with Crippen LogP contribution in [0.15, 0.2) is 23.7 Å². The van der Waals surface area contributed by atoms with Gasteiger partial charge < -0.3 is 5.32 Å². The van der Waals surface area contributed by atoms with Crippen LogP contribution in [0.5, 0.6) is 0 Å². The minimum absolute atomic E-state index is 0.174. The fourth-order valence-corrected chi connectivity index (χ4v) is 4.73. The third-order valence-corrected chi connectivity index (χ3v) is 5.85. The number of carbonyl (C=O) groups is 1. The molecule has 0 atom stereocenters. The van der Waals surface area contributed by atoms with Gasteiger partial charge in [0.2, 0.25) is 0 Å². The van der Waals surface area contributed by atoms with E-state index in [-0.39, 0.29) is 5.91 Å². The van der Waals surface area contributed by atoms with Crippen LogP contribution < -0.4 is 5.32 Å². The summed E-state index contributed by atoms with van der Waals surface area (Å²) in [5.74, 6) is -0.174. The van der Waals surface area contributed by atoms with Crippen LogP contribution in [0.3, 0.4) is 0 Å². The molecule has 2 heterocycles. The number of nitriles is 1. The summed E-state index contributed by atoms with van der Waals surface area (Å²) >= 11 is 3.05. The first kappa shape index (κ1) is 13.4. The zero-order valence-corrected chi connectivity index (χ0v) is 13.2. The first-order chi connectivity index (χ1) is 10.8. The summed E-state index contributed by atoms with van der Waals surface area (Å²) < 4.78 is 0.988. The number of fused-ring (bicyclic) bond motifs is 2. The number of carbonyl (C=O) groups excluding carboxylic acids is 1. The first-order valence-corrected chi connectivity index (χ1v) is 8.65. The molecule has 0 radical (unpaired) electrons. The maximum Gasteiger partial charge on any atom is 0.256 e. The Kier molecular flexibility index (Phi) is 3.17. The number of thiazole rings is 1. The zero-order chi connectivity index (χ0) is 15.1. The van der Waals surface area contributed by atoms with E-state index in [1.165, 1.54) is 27.6 Å². The van der Waals surface area contributed by atoms with Gasteiger partial charge in [0.05, 0.1) is 21.3 Å². The van der Waals surface area contributed by atoms with Gasteiger partial charge in [-0.1, -0.05) is 0 Å². The molecule has 4 nitrogen and oxygen atoms in total. The van der Waals surface area contributed by atoms with Crippen molar-refractivity contribution in [1.82, 2.24) is 4.98 Å². The molecule has 0 aliphatic heterocycles. The predicted molar refractivity (Wildman–Crippen MR) is 88.6 cm³/mol. The number of thiophene rings is 1. The number of aryl methyl sites for hydroxylation is 1. The Morgan fingerprint density at radius 2 is 2.27 bits per heavy atom. The molecular formula is C16H11N3OS2. The van der Waals surface area contributed by atoms with Crippen molar-refractivity contribution in [2.75, 3.05) is 5.32 Å². The summed E-state index contributed by atoms with van der Waals surface area (Å²) in [4.78, 5) is 17.9. The van der Waals surface area contributed by atoms with Crippen LogP contribution in [-0.2, 0) is 12.8 Å². The molecule has 22 heavy (non-hydrogen) atoms. The van der Waals surface area contributed by atoms with E-state index in [0.717, 1.165) is 35.0 Å². The van der Waals surface area contributed by atoms with E-state index in [1.54, 1.807) is 11.6 Å². The monoisotopic (exact) mass is 325 g/mol. The Morgan fingerprint density at radius 1 is 1.36 bits per heavy atom. The van der Waals surface area contributed by atoms with Gasteiger partial charge in [-0.3, -0.25) is 4.79 Å². The number of hydrogen-bond donors (Lipinski definition) is 1. The van der Waals surface area contributed by atoms with Crippen LogP contribution in [0, 0.1) is 11.3 Å². The number of benzene rings is 1. The van der Waals surface area contributed by atoms with Gasteiger partial charge in [0.1, 0.15) is 11.1 Å². The molecule has 0 bridgehead atoms. The van der Waals surface area contributed by atoms with Gasteiger partial charge in [0, 0.05) is 10.4 Å². The van der Waals surface area contributed by atoms with E-state index in [2.05, 4.69) is 16.4 Å². The summed E-state index contributed by atoms with van der Waals surface area (Å²) in [6.07, 6.45) is 3.06. The fourth-order valence-electron chi connectivity index (χ4n) is 2.78. The summed E-state index contributed by atoms with van der Waals surface area (Å²) in [7, 11) is 0. The zero-order valence-electron chi connectivity index (χ0n) is 11.5. The average Bonchev–Trinajstić information content (AvgIpc) is 3.21. The lowest BCUT2D eigenvalue weighted by atomic mass is 10.1. The molecular weight excluding hydrogens is 314 g/mol. The number of nitrogens with zero attached hydrogens (tertiary/aromatic N) is 2. The van der Waals surface area contributed by atoms with E-state index < -0.39 is 0 Å². The van der Waals surface area contributed by atoms with Crippen molar-refractivity contribution in [2.45, 2.75) is 19.3 Å². The lowest BCUT2D eigenvalue weighted by Crippen LogP contribution is -2.11. The normalized spacial score (nSPS) is 13.0. The summed E-state index contributed by atoms with van der Waals surface area (Å²) in [5, 5.41) is 13.0. The fraction of sp³-hybridized carbons (Fsp3) is 0.188. The van der Waals surface area contributed by atoms with Crippen molar-refractivity contribution in [3.63, 3.8) is 0 Å². The minimum atomic E-state index is -0.174. The van der Waals surface area contributed by atoms with Crippen LogP contribution in [0.2, 0.25) is 0 Å². The Bertz CT molecular complexity index is 933. The highest BCUT2D eigenvalue weighted by molar-refractivity contribution is 7.17. The lowest BCUT2D eigenvalue weighted by molar-refractivity contribution is 0.102. The highest BCUT2D eigenvalue weighted by Gasteiger charge is 2.23. The second kappa shape index (κ2) is 5.20. The maximum absolute atomic E-state index is 12.4. The molecule has 0 fully saturated rings. The molecule has 2 aromatic heterocycles. The average molecular weight is 325 g/mol. The van der Waals surface area contributed by atoms with Gasteiger partial charge >= 0.3 is 0 Å². The van der Waals surface area contributed by atoms with E-state index in [0.29, 0.717) is 16.1 Å². The largest absolute Gasteiger partial charge is 0.312 e. The molecule has 0 saturated heterocycles. The number of amides is 1. The Morgan fingerprint density at radius 3 is 3.14 bits per heavy atom. The number of nitrogens with one attached hydrogen (secondary N) is 1. The highest BCUT2D eigenvalue weighted by atomic mass is 32.1. The molecule has 108 valence electrons. The molecule has 1 N–H and O–H groups in total. The maximum atomic E-state index is 12.4. The Balaban J connectivity index is 1.66. The van der Waals surface area contributed by atoms with Gasteiger partial charge in [-0.2, -0.15) is 5.26 Å². The second-order valence-electron chi connectivity index (χ2n) is 5.16. The molecule has 1 amide bonds. The third kappa shape index (κ3) is 2.10. The topological polar surface area (TPSA) is 65.8 Å². The smallest absolute Gasteiger partial charge is 0.256 e. The van der Waals surface area contributed by atoms with E-state index in [1.807, 2.05) is 12.1 Å². The number of aromatic nitrogens is 1. The van der Waals surface area contributed by atoms with Gasteiger partial charge in [-0.05, 0) is 43.0 Å². The van der Waals surface area contributed by atoms with E-state index in [4.69, 9.17) is 0 Å². The SMILES string of the molecule is N#Cc1c(NC(=O)c2ccc3ncsc3c2)sc2c1CCC2. The van der Waals surface area contributed by atoms with Crippen LogP contribution in [0.4, 0.5) is 5.00 Å². The quantitative estimate of drug-likeness (QED) is 0.775. The van der Waals surface area contributed by atoms with Crippen LogP contribution in [0.1, 0.15) is 32.8 Å². The lowest BCUT2D eigenvalue weighted by Gasteiger charge is -2.04. The molecule has 4 rings (SSSR count). The Hall–Kier alpha value is -2.23. The van der Waals surface area contributed by atoms with Crippen LogP contribution >= 0.6 is 22.7 Å². The number of rotatable bonds is 2. The Labute approximate surface area is 135 Å². The van der Waals surface area contributed by atoms with Gasteiger partial charge in [-0.25, -0.2) is 4.98 Å². The molecule has 1 aromatic carbocycles. The molecule has 1 aliphatic rings. The molecule has 0 unspecified atom stereocenters. The van der Waals surface area contributed by atoms with Crippen molar-refractivity contribution in [1.29, 1.82) is 5.26 Å². The number of hydrogen-bond acceptors (Lipinski definition) is 5. The molecule has 3 aromatic rings. The van der Waals surface area contributed by atoms with Gasteiger partial charge in [0.15, 0.2) is 0 Å². The van der Waals surface area contributed by atoms with Crippen molar-refractivity contribution in [3.05, 3.63) is 45.3 Å². The predicted octanol–water partition coefficient (Wildman–Crippen LogP) is 3.97. The molecule has 0 saturated carbocycles. The van der Waals surface area contributed by atoms with E-state index in [9.17, 15) is 10.1 Å². The van der Waals surface area contributed by atoms with Crippen LogP contribution in [-0.4, -0.2) is 10.9 Å². The summed E-state index contributed by atoms with van der Waals surface area (Å²) in [6, 6.07) is 7.71. The van der Waals surface area contributed by atoms with Crippen molar-refractivity contribution >= 4 is 43.8 Å². The summed E-state index contributed by atoms with van der Waals surface area (Å²) in [5.41, 5.74) is 5.03. The van der Waals surface area contributed by atoms with Crippen molar-refractivity contribution in [3.8, 4) is 6.07 Å². The van der Waals surface area contributed by atoms with Gasteiger partial charge in [0.25, 0.3) is 5.91 Å². The minimum Gasteiger partial charge on any atom is -0.312 e. The van der Waals surface area contributed by atoms with Crippen molar-refractivity contribution in [2.24, 2.45) is 0 Å². The molecule has 0 spiro atoms.